The fourth-order valence-electron chi connectivity index (χ4n) is 2.78. The number of carbonyl (C=O) groups is 4. The third-order valence-corrected chi connectivity index (χ3v) is 4.31. The molecule has 0 aromatic carbocycles. The number of nitrogens with two attached hydrogens (primary N) is 2. The van der Waals surface area contributed by atoms with Gasteiger partial charge in [0, 0.05) is 19.5 Å². The summed E-state index contributed by atoms with van der Waals surface area (Å²) in [5, 5.41) is 9.46. The molecular weight excluding hydrogens is 400 g/mol. The fraction of sp³-hybridized carbons (Fsp3) is 0.545. The van der Waals surface area contributed by atoms with Gasteiger partial charge in [0.15, 0.2) is 0 Å². The molecule has 0 radical (unpaired) electrons. The van der Waals surface area contributed by atoms with Crippen LogP contribution in [0.25, 0.3) is 0 Å². The van der Waals surface area contributed by atoms with E-state index in [1.54, 1.807) is 17.1 Å². The molecule has 2 atom stereocenters. The second kappa shape index (κ2) is 17.9. The van der Waals surface area contributed by atoms with E-state index >= 15 is 0 Å². The number of primary amides is 1. The topological polar surface area (TPSA) is 156 Å². The first-order chi connectivity index (χ1) is 14.5. The first-order valence-corrected chi connectivity index (χ1v) is 10.1. The van der Waals surface area contributed by atoms with Crippen molar-refractivity contribution in [3.05, 3.63) is 37.0 Å². The number of likely N-dealkylation sites (tertiary alicyclic amines) is 1. The van der Waals surface area contributed by atoms with Gasteiger partial charge in [-0.2, -0.15) is 0 Å². The van der Waals surface area contributed by atoms with Crippen molar-refractivity contribution in [1.29, 1.82) is 0 Å². The number of nitrogens with one attached hydrogen (secondary N) is 1. The molecule has 0 aromatic rings. The van der Waals surface area contributed by atoms with E-state index in [2.05, 4.69) is 18.5 Å². The Kier molecular flexibility index (Phi) is 17.4. The predicted molar refractivity (Wildman–Crippen MR) is 122 cm³/mol. The lowest BCUT2D eigenvalue weighted by atomic mass is 10.0. The molecule has 1 rings (SSSR count). The van der Waals surface area contributed by atoms with Gasteiger partial charge in [0.25, 0.3) is 6.47 Å². The van der Waals surface area contributed by atoms with Gasteiger partial charge in [0.2, 0.25) is 17.7 Å². The minimum atomic E-state index is -0.584. The molecule has 1 fully saturated rings. The van der Waals surface area contributed by atoms with E-state index in [4.69, 9.17) is 21.4 Å². The van der Waals surface area contributed by atoms with Gasteiger partial charge in [0.05, 0.1) is 12.6 Å². The van der Waals surface area contributed by atoms with Crippen molar-refractivity contribution in [2.75, 3.05) is 19.6 Å². The molecule has 0 bridgehead atoms. The van der Waals surface area contributed by atoms with Crippen molar-refractivity contribution in [3.8, 4) is 0 Å². The molecule has 176 valence electrons. The first kappa shape index (κ1) is 30.3. The molecule has 31 heavy (non-hydrogen) atoms. The smallest absolute Gasteiger partial charge is 0.290 e. The van der Waals surface area contributed by atoms with Crippen molar-refractivity contribution >= 4 is 24.2 Å². The Hall–Kier alpha value is -2.94. The van der Waals surface area contributed by atoms with E-state index in [1.807, 2.05) is 26.8 Å². The molecule has 9 nitrogen and oxygen atoms in total. The number of amides is 3. The maximum absolute atomic E-state index is 12.0. The molecule has 0 aliphatic carbocycles. The molecule has 0 spiro atoms. The number of hydrogen-bond donors (Lipinski definition) is 4. The number of allylic oxidation sites excluding steroid dienone is 4. The van der Waals surface area contributed by atoms with Gasteiger partial charge in [-0.15, -0.1) is 0 Å². The van der Waals surface area contributed by atoms with Gasteiger partial charge < -0.3 is 26.8 Å². The Morgan fingerprint density at radius 2 is 1.87 bits per heavy atom. The van der Waals surface area contributed by atoms with Crippen LogP contribution in [0.2, 0.25) is 0 Å². The molecule has 0 aromatic heterocycles. The summed E-state index contributed by atoms with van der Waals surface area (Å²) in [6, 6.07) is -0.584. The van der Waals surface area contributed by atoms with Gasteiger partial charge in [-0.1, -0.05) is 50.8 Å². The van der Waals surface area contributed by atoms with E-state index in [0.29, 0.717) is 31.8 Å². The van der Waals surface area contributed by atoms with E-state index < -0.39 is 6.04 Å². The molecular formula is C22H38N4O5. The SMILES string of the molecule is C=C/C=C(/C)C=C.CC(C)C[C@H](N)C(=O)NCC(=O)N1CCC(CC(N)=O)C1.O=CO. The molecule has 1 aliphatic heterocycles. The summed E-state index contributed by atoms with van der Waals surface area (Å²) >= 11 is 0. The Bertz CT molecular complexity index is 631. The summed E-state index contributed by atoms with van der Waals surface area (Å²) in [4.78, 5) is 44.6. The average Bonchev–Trinajstić information content (AvgIpc) is 3.14. The zero-order chi connectivity index (χ0) is 24.4. The van der Waals surface area contributed by atoms with Crippen molar-refractivity contribution in [2.45, 2.75) is 46.1 Å². The van der Waals surface area contributed by atoms with Crippen LogP contribution in [0.15, 0.2) is 37.0 Å². The highest BCUT2D eigenvalue weighted by molar-refractivity contribution is 5.87. The van der Waals surface area contributed by atoms with Crippen LogP contribution in [-0.4, -0.2) is 59.9 Å². The zero-order valence-corrected chi connectivity index (χ0v) is 18.9. The van der Waals surface area contributed by atoms with Crippen LogP contribution in [0, 0.1) is 11.8 Å². The van der Waals surface area contributed by atoms with Crippen LogP contribution in [0.3, 0.4) is 0 Å². The largest absolute Gasteiger partial charge is 0.483 e. The third-order valence-electron chi connectivity index (χ3n) is 4.31. The third kappa shape index (κ3) is 16.5. The minimum absolute atomic E-state index is 0.0477. The summed E-state index contributed by atoms with van der Waals surface area (Å²) in [5.41, 5.74) is 12.0. The highest BCUT2D eigenvalue weighted by Gasteiger charge is 2.27. The van der Waals surface area contributed by atoms with Crippen LogP contribution in [-0.2, 0) is 19.2 Å². The lowest BCUT2D eigenvalue weighted by Crippen LogP contribution is -2.46. The van der Waals surface area contributed by atoms with E-state index in [0.717, 1.165) is 12.0 Å². The average molecular weight is 439 g/mol. The van der Waals surface area contributed by atoms with Crippen LogP contribution in [0.4, 0.5) is 0 Å². The fourth-order valence-corrected chi connectivity index (χ4v) is 2.78. The Balaban J connectivity index is 0. The maximum atomic E-state index is 12.0. The van der Waals surface area contributed by atoms with Crippen LogP contribution < -0.4 is 16.8 Å². The Labute approximate surface area is 185 Å². The second-order valence-corrected chi connectivity index (χ2v) is 7.57. The molecule has 1 heterocycles. The van der Waals surface area contributed by atoms with Crippen molar-refractivity contribution < 1.29 is 24.3 Å². The molecule has 9 heteroatoms. The lowest BCUT2D eigenvalue weighted by Gasteiger charge is -2.18. The highest BCUT2D eigenvalue weighted by atomic mass is 16.3. The normalized spacial score (nSPS) is 16.1. The van der Waals surface area contributed by atoms with Crippen molar-refractivity contribution in [1.82, 2.24) is 10.2 Å². The standard InChI is InChI=1S/C14H26N4O3.C7H10.CH2O2/c1-9(2)5-11(15)14(21)17-7-13(20)18-4-3-10(8-18)6-12(16)19;1-4-6-7(3)5-2;2-1-3/h9-11H,3-8,15H2,1-2H3,(H2,16,19)(H,17,21);4-6H,1-2H2,3H3;1H,(H,2,3)/b;7-6-;/t10?,11-;;/m0../s1. The predicted octanol–water partition coefficient (Wildman–Crippen LogP) is 1.21. The summed E-state index contributed by atoms with van der Waals surface area (Å²) in [5.74, 6) is -0.334. The van der Waals surface area contributed by atoms with Crippen LogP contribution in [0.1, 0.15) is 40.0 Å². The molecule has 1 aliphatic rings. The monoisotopic (exact) mass is 438 g/mol. The summed E-state index contributed by atoms with van der Waals surface area (Å²) in [6.45, 7) is 13.9. The van der Waals surface area contributed by atoms with E-state index in [9.17, 15) is 14.4 Å². The zero-order valence-electron chi connectivity index (χ0n) is 18.9. The molecule has 1 unspecified atom stereocenters. The summed E-state index contributed by atoms with van der Waals surface area (Å²) in [6.07, 6.45) is 7.11. The lowest BCUT2D eigenvalue weighted by molar-refractivity contribution is -0.132. The number of carbonyl (C=O) groups excluding carboxylic acids is 3. The first-order valence-electron chi connectivity index (χ1n) is 10.1. The van der Waals surface area contributed by atoms with Gasteiger partial charge in [-0.3, -0.25) is 19.2 Å². The summed E-state index contributed by atoms with van der Waals surface area (Å²) < 4.78 is 0. The number of nitrogens with zero attached hydrogens (tertiary/aromatic N) is 1. The Morgan fingerprint density at radius 1 is 1.29 bits per heavy atom. The van der Waals surface area contributed by atoms with Gasteiger partial charge in [-0.25, -0.2) is 0 Å². The minimum Gasteiger partial charge on any atom is -0.483 e. The van der Waals surface area contributed by atoms with Gasteiger partial charge in [0.1, 0.15) is 0 Å². The molecule has 6 N–H and O–H groups in total. The molecule has 0 saturated carbocycles. The second-order valence-electron chi connectivity index (χ2n) is 7.57. The van der Waals surface area contributed by atoms with E-state index in [1.165, 1.54) is 0 Å². The number of rotatable bonds is 9. The highest BCUT2D eigenvalue weighted by Crippen LogP contribution is 2.19. The van der Waals surface area contributed by atoms with Gasteiger partial charge in [-0.05, 0) is 31.6 Å². The molecule has 1 saturated heterocycles. The molecule has 3 amide bonds. The summed E-state index contributed by atoms with van der Waals surface area (Å²) in [7, 11) is 0. The van der Waals surface area contributed by atoms with Crippen LogP contribution >= 0.6 is 0 Å². The number of hydrogen-bond acceptors (Lipinski definition) is 5. The number of carboxylic acid groups (broad SMARTS) is 1. The van der Waals surface area contributed by atoms with Gasteiger partial charge >= 0.3 is 0 Å². The quantitative estimate of drug-likeness (QED) is 0.313. The Morgan fingerprint density at radius 3 is 2.29 bits per heavy atom. The van der Waals surface area contributed by atoms with E-state index in [-0.39, 0.29) is 36.7 Å². The maximum Gasteiger partial charge on any atom is 0.290 e. The van der Waals surface area contributed by atoms with Crippen molar-refractivity contribution in [3.63, 3.8) is 0 Å². The van der Waals surface area contributed by atoms with Crippen LogP contribution in [0.5, 0.6) is 0 Å². The van der Waals surface area contributed by atoms with Crippen molar-refractivity contribution in [2.24, 2.45) is 23.3 Å².